The summed E-state index contributed by atoms with van der Waals surface area (Å²) < 4.78 is 6.70. The first-order chi connectivity index (χ1) is 24.7. The zero-order chi connectivity index (χ0) is 32.9. The van der Waals surface area contributed by atoms with Crippen LogP contribution in [0.25, 0.3) is 22.3 Å². The smallest absolute Gasteiger partial charge is 0.333 e. The van der Waals surface area contributed by atoms with Gasteiger partial charge < -0.3 is 14.4 Å². The molecule has 0 amide bonds. The van der Waals surface area contributed by atoms with Gasteiger partial charge in [0.1, 0.15) is 0 Å². The van der Waals surface area contributed by atoms with Gasteiger partial charge >= 0.3 is 6.85 Å². The van der Waals surface area contributed by atoms with E-state index in [1.807, 2.05) is 0 Å². The maximum absolute atomic E-state index is 6.70. The average Bonchev–Trinajstić information content (AvgIpc) is 3.46. The summed E-state index contributed by atoms with van der Waals surface area (Å²) in [5.74, 6) is 2.18. The molecule has 0 aliphatic carbocycles. The average molecular weight is 655 g/mol. The lowest BCUT2D eigenvalue weighted by Crippen LogP contribution is -2.78. The van der Waals surface area contributed by atoms with Gasteiger partial charge in [0.2, 0.25) is 0 Å². The molecule has 0 saturated carbocycles. The molecular formula is C45H31BN2OSi. The lowest BCUT2D eigenvalue weighted by molar-refractivity contribution is 0.477. The Labute approximate surface area is 293 Å². The van der Waals surface area contributed by atoms with E-state index in [0.29, 0.717) is 5.92 Å². The lowest BCUT2D eigenvalue weighted by atomic mass is 9.43. The predicted octanol–water partition coefficient (Wildman–Crippen LogP) is 7.29. The normalized spacial score (nSPS) is 15.4. The van der Waals surface area contributed by atoms with Crippen LogP contribution in [0.15, 0.2) is 146 Å². The second-order valence-electron chi connectivity index (χ2n) is 14.6. The first-order valence-corrected chi connectivity index (χ1v) is 19.8. The molecule has 0 N–H and O–H groups in total. The Hall–Kier alpha value is -5.78. The van der Waals surface area contributed by atoms with E-state index < -0.39 is 8.07 Å². The maximum Gasteiger partial charge on any atom is 0.333 e. The van der Waals surface area contributed by atoms with Crippen molar-refractivity contribution in [2.75, 3.05) is 9.71 Å². The van der Waals surface area contributed by atoms with Crippen LogP contribution in [0.2, 0.25) is 0 Å². The molecule has 50 heavy (non-hydrogen) atoms. The van der Waals surface area contributed by atoms with Crippen LogP contribution in [0, 0.1) is 0 Å². The van der Waals surface area contributed by atoms with E-state index in [1.54, 1.807) is 0 Å². The van der Waals surface area contributed by atoms with Crippen LogP contribution in [-0.4, -0.2) is 14.9 Å². The van der Waals surface area contributed by atoms with Crippen LogP contribution >= 0.6 is 0 Å². The minimum Gasteiger partial charge on any atom is -0.453 e. The van der Waals surface area contributed by atoms with E-state index in [4.69, 9.17) is 4.74 Å². The minimum atomic E-state index is -2.69. The van der Waals surface area contributed by atoms with Crippen molar-refractivity contribution in [3.05, 3.63) is 151 Å². The highest BCUT2D eigenvalue weighted by atomic mass is 28.3. The Morgan fingerprint density at radius 1 is 0.520 bits per heavy atom. The zero-order valence-corrected chi connectivity index (χ0v) is 28.8. The van der Waals surface area contributed by atoms with Crippen LogP contribution in [0.4, 0.5) is 28.4 Å². The summed E-state index contributed by atoms with van der Waals surface area (Å²) in [4.78, 5) is 5.21. The first kappa shape index (κ1) is 27.1. The van der Waals surface area contributed by atoms with Crippen molar-refractivity contribution < 1.29 is 4.74 Å². The van der Waals surface area contributed by atoms with Gasteiger partial charge in [-0.25, -0.2) is 0 Å². The standard InChI is InChI=1S/C45H31BN2OSi/c1-27(2)28-25-32-31-15-11-24-42-44(31)48(35-18-6-10-23-41(35)50(42)39-21-8-3-13-29(39)30-14-4-9-22-40(30)50)46-33-16-12-20-38-45(33)47(36(26-28)43(32)46)34-17-5-7-19-37(34)49-38/h3-27H,1-2H3. The predicted molar refractivity (Wildman–Crippen MR) is 210 cm³/mol. The third-order valence-electron chi connectivity index (χ3n) is 12.0. The van der Waals surface area contributed by atoms with E-state index in [9.17, 15) is 0 Å². The molecule has 234 valence electrons. The van der Waals surface area contributed by atoms with Gasteiger partial charge in [0.15, 0.2) is 19.6 Å². The zero-order valence-electron chi connectivity index (χ0n) is 27.8. The number of benzene rings is 7. The van der Waals surface area contributed by atoms with Crippen molar-refractivity contribution in [3.63, 3.8) is 0 Å². The van der Waals surface area contributed by atoms with Gasteiger partial charge in [-0.2, -0.15) is 0 Å². The molecule has 0 unspecified atom stereocenters. The third kappa shape index (κ3) is 3.02. The number of fused-ring (bicyclic) bond motifs is 15. The molecule has 1 spiro atoms. The van der Waals surface area contributed by atoms with Gasteiger partial charge in [0, 0.05) is 22.6 Å². The maximum atomic E-state index is 6.70. The second-order valence-corrected chi connectivity index (χ2v) is 18.2. The van der Waals surface area contributed by atoms with Gasteiger partial charge in [-0.3, -0.25) is 0 Å². The molecule has 0 radical (unpaired) electrons. The summed E-state index contributed by atoms with van der Waals surface area (Å²) in [7, 11) is -2.69. The molecule has 0 saturated heterocycles. The number of para-hydroxylation sites is 5. The number of nitrogens with zero attached hydrogens (tertiary/aromatic N) is 2. The molecule has 5 aliphatic rings. The molecule has 12 rings (SSSR count). The van der Waals surface area contributed by atoms with Crippen molar-refractivity contribution in [1.29, 1.82) is 0 Å². The van der Waals surface area contributed by atoms with Gasteiger partial charge in [0.05, 0.1) is 11.4 Å². The fraction of sp³-hybridized carbons (Fsp3) is 0.0667. The van der Waals surface area contributed by atoms with E-state index in [1.165, 1.54) is 76.6 Å². The van der Waals surface area contributed by atoms with Crippen molar-refractivity contribution in [1.82, 2.24) is 0 Å². The molecular weight excluding hydrogens is 623 g/mol. The number of ether oxygens (including phenoxy) is 1. The topological polar surface area (TPSA) is 15.7 Å². The van der Waals surface area contributed by atoms with E-state index >= 15 is 0 Å². The van der Waals surface area contributed by atoms with Crippen LogP contribution in [0.3, 0.4) is 0 Å². The second kappa shape index (κ2) is 9.26. The van der Waals surface area contributed by atoms with E-state index in [0.717, 1.165) is 22.9 Å². The van der Waals surface area contributed by atoms with Crippen LogP contribution in [0.5, 0.6) is 11.5 Å². The summed E-state index contributed by atoms with van der Waals surface area (Å²) in [6, 6.07) is 55.2. The summed E-state index contributed by atoms with van der Waals surface area (Å²) in [6.45, 7) is 4.62. The van der Waals surface area contributed by atoms with E-state index in [-0.39, 0.29) is 6.85 Å². The molecule has 7 aromatic rings. The fourth-order valence-corrected chi connectivity index (χ4v) is 15.7. The quantitative estimate of drug-likeness (QED) is 0.173. The third-order valence-corrected chi connectivity index (χ3v) is 16.9. The summed E-state index contributed by atoms with van der Waals surface area (Å²) in [5, 5.41) is 5.96. The minimum absolute atomic E-state index is 0.0192. The Bertz CT molecular complexity index is 2620. The van der Waals surface area contributed by atoms with Gasteiger partial charge in [0.25, 0.3) is 0 Å². The Kier molecular flexibility index (Phi) is 5.02. The van der Waals surface area contributed by atoms with Crippen LogP contribution in [-0.2, 0) is 0 Å². The molecule has 0 fully saturated rings. The van der Waals surface area contributed by atoms with Gasteiger partial charge in [-0.05, 0) is 90.2 Å². The largest absolute Gasteiger partial charge is 0.453 e. The monoisotopic (exact) mass is 654 g/mol. The van der Waals surface area contributed by atoms with Gasteiger partial charge in [-0.1, -0.05) is 129 Å². The molecule has 7 aromatic carbocycles. The molecule has 5 aliphatic heterocycles. The van der Waals surface area contributed by atoms with E-state index in [2.05, 4.69) is 169 Å². The SMILES string of the molecule is CC(C)c1cc2c3c(c1)N1c4ccccc4Oc4cccc(c41)B3N1c3ccccc3[Si]3(c4ccccc4-c4ccccc43)c3cccc-2c31. The highest BCUT2D eigenvalue weighted by molar-refractivity contribution is 7.24. The molecule has 5 heterocycles. The number of rotatable bonds is 1. The van der Waals surface area contributed by atoms with Crippen molar-refractivity contribution in [2.45, 2.75) is 19.8 Å². The molecule has 5 heteroatoms. The van der Waals surface area contributed by atoms with Crippen molar-refractivity contribution in [3.8, 4) is 33.8 Å². The van der Waals surface area contributed by atoms with Crippen molar-refractivity contribution >= 4 is 75.0 Å². The summed E-state index contributed by atoms with van der Waals surface area (Å²) in [5.41, 5.74) is 15.7. The highest BCUT2D eigenvalue weighted by Gasteiger charge is 2.58. The lowest BCUT2D eigenvalue weighted by Gasteiger charge is -2.52. The molecule has 0 bridgehead atoms. The number of hydrogen-bond acceptors (Lipinski definition) is 3. The first-order valence-electron chi connectivity index (χ1n) is 17.8. The summed E-state index contributed by atoms with van der Waals surface area (Å²) >= 11 is 0. The highest BCUT2D eigenvalue weighted by Crippen LogP contribution is 2.54. The fourth-order valence-electron chi connectivity index (χ4n) is 10.1. The van der Waals surface area contributed by atoms with Gasteiger partial charge in [-0.15, -0.1) is 0 Å². The van der Waals surface area contributed by atoms with Crippen LogP contribution < -0.4 is 46.1 Å². The Morgan fingerprint density at radius 2 is 1.14 bits per heavy atom. The Balaban J connectivity index is 1.27. The molecule has 0 aromatic heterocycles. The summed E-state index contributed by atoms with van der Waals surface area (Å²) in [6.07, 6.45) is 0. The van der Waals surface area contributed by atoms with Crippen molar-refractivity contribution in [2.24, 2.45) is 0 Å². The van der Waals surface area contributed by atoms with Crippen LogP contribution in [0.1, 0.15) is 25.3 Å². The Morgan fingerprint density at radius 3 is 1.92 bits per heavy atom. The molecule has 3 nitrogen and oxygen atoms in total. The number of anilines is 5. The number of hydrogen-bond donors (Lipinski definition) is 0. The molecule has 0 atom stereocenters.